The van der Waals surface area contributed by atoms with Crippen LogP contribution in [0.25, 0.3) is 0 Å². The van der Waals surface area contributed by atoms with E-state index in [4.69, 9.17) is 11.5 Å². The summed E-state index contributed by atoms with van der Waals surface area (Å²) in [5.41, 5.74) is 12.3. The number of hydrogen-bond donors (Lipinski definition) is 5. The van der Waals surface area contributed by atoms with Gasteiger partial charge in [0.2, 0.25) is 11.8 Å². The summed E-state index contributed by atoms with van der Waals surface area (Å²) in [6.07, 6.45) is -0.312. The van der Waals surface area contributed by atoms with Gasteiger partial charge in [-0.15, -0.1) is 0 Å². The van der Waals surface area contributed by atoms with Crippen molar-refractivity contribution in [2.75, 3.05) is 6.54 Å². The Morgan fingerprint density at radius 2 is 1.86 bits per heavy atom. The van der Waals surface area contributed by atoms with E-state index in [0.717, 1.165) is 5.56 Å². The normalized spacial score (nSPS) is 22.3. The van der Waals surface area contributed by atoms with Crippen LogP contribution in [-0.2, 0) is 20.9 Å². The Balaban J connectivity index is 2.28. The van der Waals surface area contributed by atoms with Gasteiger partial charge in [0.15, 0.2) is 0 Å². The molecule has 7 N–H and O–H groups in total. The summed E-state index contributed by atoms with van der Waals surface area (Å²) in [5.74, 6) is -2.61. The number of carboxylic acids is 1. The van der Waals surface area contributed by atoms with E-state index in [-0.39, 0.29) is 18.2 Å². The van der Waals surface area contributed by atoms with Crippen molar-refractivity contribution >= 4 is 17.8 Å². The number of benzene rings is 1. The monoisotopic (exact) mass is 405 g/mol. The molecule has 1 aliphatic carbocycles. The van der Waals surface area contributed by atoms with Crippen LogP contribution in [0, 0.1) is 11.8 Å². The molecule has 9 heteroatoms. The number of carbonyl (C=O) groups is 3. The van der Waals surface area contributed by atoms with Gasteiger partial charge < -0.3 is 26.8 Å². The van der Waals surface area contributed by atoms with Gasteiger partial charge in [0.05, 0.1) is 5.92 Å². The molecule has 29 heavy (non-hydrogen) atoms. The van der Waals surface area contributed by atoms with E-state index in [9.17, 15) is 19.5 Å². The van der Waals surface area contributed by atoms with Crippen LogP contribution in [0.15, 0.2) is 30.3 Å². The van der Waals surface area contributed by atoms with Crippen LogP contribution in [-0.4, -0.2) is 52.7 Å². The zero-order valence-corrected chi connectivity index (χ0v) is 16.9. The maximum absolute atomic E-state index is 13.4. The molecule has 0 radical (unpaired) electrons. The predicted octanol–water partition coefficient (Wildman–Crippen LogP) is -0.190. The second kappa shape index (κ2) is 10.3. The minimum atomic E-state index is -0.935. The van der Waals surface area contributed by atoms with Gasteiger partial charge in [-0.3, -0.25) is 19.7 Å². The summed E-state index contributed by atoms with van der Waals surface area (Å²) in [7, 11) is 0. The Morgan fingerprint density at radius 3 is 2.38 bits per heavy atom. The molecule has 0 spiro atoms. The zero-order valence-electron chi connectivity index (χ0n) is 16.9. The molecule has 4 atom stereocenters. The number of nitrogens with two attached hydrogens (primary N) is 2. The van der Waals surface area contributed by atoms with Crippen molar-refractivity contribution in [1.82, 2.24) is 15.5 Å². The molecule has 4 unspecified atom stereocenters. The third-order valence-corrected chi connectivity index (χ3v) is 5.33. The SMILES string of the molecule is CCN(Cc1ccccc1)C(=O)C(NC(C)=O)C1CC(C(=O)O)CC1NC(N)N. The molecule has 1 aromatic rings. The maximum Gasteiger partial charge on any atom is 0.306 e. The van der Waals surface area contributed by atoms with Crippen molar-refractivity contribution in [2.24, 2.45) is 23.3 Å². The summed E-state index contributed by atoms with van der Waals surface area (Å²) in [5, 5.41) is 15.2. The lowest BCUT2D eigenvalue weighted by atomic mass is 9.92. The second-order valence-electron chi connectivity index (χ2n) is 7.49. The van der Waals surface area contributed by atoms with Gasteiger partial charge >= 0.3 is 5.97 Å². The fourth-order valence-electron chi connectivity index (χ4n) is 4.00. The molecule has 1 aromatic carbocycles. The first-order chi connectivity index (χ1) is 13.7. The van der Waals surface area contributed by atoms with Crippen molar-refractivity contribution in [3.63, 3.8) is 0 Å². The third kappa shape index (κ3) is 6.25. The van der Waals surface area contributed by atoms with Crippen LogP contribution >= 0.6 is 0 Å². The van der Waals surface area contributed by atoms with Crippen LogP contribution < -0.4 is 22.1 Å². The highest BCUT2D eigenvalue weighted by molar-refractivity contribution is 5.87. The van der Waals surface area contributed by atoms with Crippen molar-refractivity contribution in [3.05, 3.63) is 35.9 Å². The van der Waals surface area contributed by atoms with Crippen LogP contribution in [0.1, 0.15) is 32.3 Å². The molecule has 0 heterocycles. The fraction of sp³-hybridized carbons (Fsp3) is 0.550. The summed E-state index contributed by atoms with van der Waals surface area (Å²) in [6.45, 7) is 4.06. The summed E-state index contributed by atoms with van der Waals surface area (Å²) in [6, 6.07) is 8.29. The number of hydrogen-bond acceptors (Lipinski definition) is 6. The first kappa shape index (κ1) is 22.8. The van der Waals surface area contributed by atoms with Crippen LogP contribution in [0.4, 0.5) is 0 Å². The highest BCUT2D eigenvalue weighted by atomic mass is 16.4. The lowest BCUT2D eigenvalue weighted by molar-refractivity contribution is -0.142. The van der Waals surface area contributed by atoms with Crippen molar-refractivity contribution in [2.45, 2.75) is 51.6 Å². The van der Waals surface area contributed by atoms with E-state index in [1.165, 1.54) is 6.92 Å². The van der Waals surface area contributed by atoms with E-state index in [1.807, 2.05) is 37.3 Å². The van der Waals surface area contributed by atoms with Crippen molar-refractivity contribution in [1.29, 1.82) is 0 Å². The number of nitrogens with one attached hydrogen (secondary N) is 2. The Morgan fingerprint density at radius 1 is 1.21 bits per heavy atom. The van der Waals surface area contributed by atoms with Crippen LogP contribution in [0.3, 0.4) is 0 Å². The third-order valence-electron chi connectivity index (χ3n) is 5.33. The van der Waals surface area contributed by atoms with E-state index in [1.54, 1.807) is 4.90 Å². The van der Waals surface area contributed by atoms with E-state index >= 15 is 0 Å². The number of aliphatic carboxylic acids is 1. The molecule has 160 valence electrons. The van der Waals surface area contributed by atoms with Crippen molar-refractivity contribution < 1.29 is 19.5 Å². The summed E-state index contributed by atoms with van der Waals surface area (Å²) >= 11 is 0. The lowest BCUT2D eigenvalue weighted by Crippen LogP contribution is -2.58. The average Bonchev–Trinajstić information content (AvgIpc) is 3.07. The van der Waals surface area contributed by atoms with Gasteiger partial charge in [0, 0.05) is 32.0 Å². The molecule has 2 rings (SSSR count). The highest BCUT2D eigenvalue weighted by Crippen LogP contribution is 2.34. The Labute approximate surface area is 170 Å². The van der Waals surface area contributed by atoms with Gasteiger partial charge in [0.1, 0.15) is 12.3 Å². The molecule has 2 amide bonds. The van der Waals surface area contributed by atoms with E-state index in [0.29, 0.717) is 19.5 Å². The average molecular weight is 405 g/mol. The minimum Gasteiger partial charge on any atom is -0.481 e. The first-order valence-electron chi connectivity index (χ1n) is 9.82. The Kier molecular flexibility index (Phi) is 8.12. The van der Waals surface area contributed by atoms with Gasteiger partial charge in [-0.1, -0.05) is 30.3 Å². The molecule has 0 saturated heterocycles. The molecule has 1 fully saturated rings. The Bertz CT molecular complexity index is 712. The second-order valence-corrected chi connectivity index (χ2v) is 7.49. The van der Waals surface area contributed by atoms with Gasteiger partial charge in [-0.25, -0.2) is 0 Å². The topological polar surface area (TPSA) is 151 Å². The lowest BCUT2D eigenvalue weighted by Gasteiger charge is -2.33. The standard InChI is InChI=1S/C20H31N5O4/c1-3-25(11-13-7-5-4-6-8-13)18(27)17(23-12(2)26)15-9-14(19(28)29)10-16(15)24-20(21)22/h4-8,14-17,20,24H,3,9-11,21-22H2,1-2H3,(H,23,26)(H,28,29). The molecular weight excluding hydrogens is 374 g/mol. The highest BCUT2D eigenvalue weighted by Gasteiger charge is 2.45. The number of amides is 2. The molecule has 0 aromatic heterocycles. The Hall–Kier alpha value is -2.49. The van der Waals surface area contributed by atoms with Gasteiger partial charge in [0.25, 0.3) is 0 Å². The summed E-state index contributed by atoms with van der Waals surface area (Å²) < 4.78 is 0. The summed E-state index contributed by atoms with van der Waals surface area (Å²) in [4.78, 5) is 38.5. The zero-order chi connectivity index (χ0) is 21.6. The number of nitrogens with zero attached hydrogens (tertiary/aromatic N) is 1. The molecular formula is C20H31N5O4. The van der Waals surface area contributed by atoms with E-state index < -0.39 is 36.2 Å². The minimum absolute atomic E-state index is 0.249. The number of carbonyl (C=O) groups excluding carboxylic acids is 2. The van der Waals surface area contributed by atoms with Crippen LogP contribution in [0.5, 0.6) is 0 Å². The number of carboxylic acid groups (broad SMARTS) is 1. The smallest absolute Gasteiger partial charge is 0.306 e. The van der Waals surface area contributed by atoms with Crippen LogP contribution in [0.2, 0.25) is 0 Å². The first-order valence-corrected chi connectivity index (χ1v) is 9.82. The molecule has 1 aliphatic rings. The maximum atomic E-state index is 13.4. The van der Waals surface area contributed by atoms with E-state index in [2.05, 4.69) is 10.6 Å². The van der Waals surface area contributed by atoms with Gasteiger partial charge in [-0.2, -0.15) is 0 Å². The largest absolute Gasteiger partial charge is 0.481 e. The molecule has 1 saturated carbocycles. The number of likely N-dealkylation sites (N-methyl/N-ethyl adjacent to an activating group) is 1. The quantitative estimate of drug-likeness (QED) is 0.357. The molecule has 0 aliphatic heterocycles. The van der Waals surface area contributed by atoms with Crippen molar-refractivity contribution in [3.8, 4) is 0 Å². The van der Waals surface area contributed by atoms with Gasteiger partial charge in [-0.05, 0) is 25.3 Å². The predicted molar refractivity (Wildman–Crippen MR) is 108 cm³/mol. The molecule has 0 bridgehead atoms. The number of rotatable bonds is 9. The molecule has 9 nitrogen and oxygen atoms in total. The fourth-order valence-corrected chi connectivity index (χ4v) is 4.00.